The molecule has 0 saturated carbocycles. The minimum Gasteiger partial charge on any atom is -0.361 e. The fraction of sp³-hybridized carbons (Fsp3) is 0.182. The van der Waals surface area contributed by atoms with Gasteiger partial charge >= 0.3 is 0 Å². The van der Waals surface area contributed by atoms with Gasteiger partial charge < -0.3 is 10.3 Å². The summed E-state index contributed by atoms with van der Waals surface area (Å²) in [7, 11) is 0. The van der Waals surface area contributed by atoms with Gasteiger partial charge in [0.1, 0.15) is 0 Å². The van der Waals surface area contributed by atoms with Gasteiger partial charge in [-0.05, 0) is 36.6 Å². The zero-order valence-corrected chi connectivity index (χ0v) is 16.5. The summed E-state index contributed by atoms with van der Waals surface area (Å²) in [6.45, 7) is 2.69. The lowest BCUT2D eigenvalue weighted by molar-refractivity contribution is -0.118. The third kappa shape index (κ3) is 3.97. The number of amides is 1. The Kier molecular flexibility index (Phi) is 5.48. The number of H-pyrrole nitrogens is 1. The molecule has 1 amide bonds. The maximum atomic E-state index is 12.3. The maximum Gasteiger partial charge on any atom is 0.230 e. The van der Waals surface area contributed by atoms with Crippen molar-refractivity contribution in [2.75, 3.05) is 12.3 Å². The van der Waals surface area contributed by atoms with E-state index in [4.69, 9.17) is 0 Å². The summed E-state index contributed by atoms with van der Waals surface area (Å²) in [6, 6.07) is 16.4. The summed E-state index contributed by atoms with van der Waals surface area (Å²) < 4.78 is 2.03. The number of aryl methyl sites for hydroxylation is 1. The van der Waals surface area contributed by atoms with E-state index >= 15 is 0 Å². The second-order valence-electron chi connectivity index (χ2n) is 6.61. The van der Waals surface area contributed by atoms with Crippen LogP contribution in [-0.2, 0) is 11.2 Å². The van der Waals surface area contributed by atoms with E-state index in [9.17, 15) is 4.79 Å². The van der Waals surface area contributed by atoms with Gasteiger partial charge in [-0.15, -0.1) is 0 Å². The topological polar surface area (TPSA) is 62.7 Å². The van der Waals surface area contributed by atoms with E-state index in [1.54, 1.807) is 6.20 Å². The number of para-hydroxylation sites is 2. The van der Waals surface area contributed by atoms with Crippen LogP contribution in [0.4, 0.5) is 0 Å². The molecule has 5 nitrogen and oxygen atoms in total. The van der Waals surface area contributed by atoms with Crippen molar-refractivity contribution in [1.82, 2.24) is 19.9 Å². The Balaban J connectivity index is 1.31. The van der Waals surface area contributed by atoms with E-state index < -0.39 is 0 Å². The van der Waals surface area contributed by atoms with Gasteiger partial charge in [-0.3, -0.25) is 9.36 Å². The highest BCUT2D eigenvalue weighted by atomic mass is 32.2. The molecule has 2 aromatic heterocycles. The van der Waals surface area contributed by atoms with Crippen LogP contribution in [0.2, 0.25) is 0 Å². The van der Waals surface area contributed by atoms with Crippen molar-refractivity contribution in [1.29, 1.82) is 0 Å². The van der Waals surface area contributed by atoms with Gasteiger partial charge in [0.15, 0.2) is 5.16 Å². The molecule has 0 bridgehead atoms. The van der Waals surface area contributed by atoms with Crippen LogP contribution in [0.15, 0.2) is 72.3 Å². The van der Waals surface area contributed by atoms with Gasteiger partial charge in [-0.2, -0.15) is 0 Å². The van der Waals surface area contributed by atoms with Crippen LogP contribution in [0, 0.1) is 6.92 Å². The molecular formula is C22H22N4OS. The number of rotatable bonds is 7. The Hall–Kier alpha value is -2.99. The van der Waals surface area contributed by atoms with E-state index in [1.165, 1.54) is 28.3 Å². The van der Waals surface area contributed by atoms with Gasteiger partial charge in [-0.25, -0.2) is 4.98 Å². The smallest absolute Gasteiger partial charge is 0.230 e. The third-order valence-electron chi connectivity index (χ3n) is 4.71. The number of nitrogens with one attached hydrogen (secondary N) is 2. The van der Waals surface area contributed by atoms with Gasteiger partial charge in [0, 0.05) is 36.0 Å². The number of aromatic nitrogens is 3. The molecule has 0 spiro atoms. The number of carbonyl (C=O) groups is 1. The van der Waals surface area contributed by atoms with E-state index in [0.717, 1.165) is 22.8 Å². The Morgan fingerprint density at radius 3 is 2.89 bits per heavy atom. The number of nitrogens with zero attached hydrogens (tertiary/aromatic N) is 2. The predicted molar refractivity (Wildman–Crippen MR) is 114 cm³/mol. The highest BCUT2D eigenvalue weighted by Crippen LogP contribution is 2.22. The van der Waals surface area contributed by atoms with Crippen LogP contribution < -0.4 is 5.32 Å². The van der Waals surface area contributed by atoms with E-state index in [2.05, 4.69) is 46.5 Å². The van der Waals surface area contributed by atoms with Gasteiger partial charge in [0.05, 0.1) is 11.4 Å². The van der Waals surface area contributed by atoms with Crippen LogP contribution in [0.25, 0.3) is 16.6 Å². The highest BCUT2D eigenvalue weighted by molar-refractivity contribution is 7.99. The molecule has 0 aliphatic rings. The number of hydrogen-bond acceptors (Lipinski definition) is 3. The van der Waals surface area contributed by atoms with Gasteiger partial charge in [-0.1, -0.05) is 48.2 Å². The molecule has 0 saturated heterocycles. The number of fused-ring (bicyclic) bond motifs is 1. The quantitative estimate of drug-likeness (QED) is 0.467. The molecule has 0 aliphatic carbocycles. The second-order valence-corrected chi connectivity index (χ2v) is 7.56. The number of benzene rings is 2. The summed E-state index contributed by atoms with van der Waals surface area (Å²) in [6.07, 6.45) is 6.52. The van der Waals surface area contributed by atoms with Crippen LogP contribution in [0.3, 0.4) is 0 Å². The first kappa shape index (κ1) is 18.4. The number of thioether (sulfide) groups is 1. The van der Waals surface area contributed by atoms with E-state index in [1.807, 2.05) is 41.2 Å². The standard InChI is InChI=1S/C22H22N4OS/c1-16-6-2-5-9-20(16)26-13-12-24-22(26)28-15-21(27)23-11-10-17-14-25-19-8-4-3-7-18(17)19/h2-9,12-14,25H,10-11,15H2,1H3,(H,23,27). The molecule has 6 heteroatoms. The fourth-order valence-electron chi connectivity index (χ4n) is 3.27. The molecule has 0 aliphatic heterocycles. The first-order valence-electron chi connectivity index (χ1n) is 9.26. The van der Waals surface area contributed by atoms with Crippen molar-refractivity contribution in [3.05, 3.63) is 78.2 Å². The van der Waals surface area contributed by atoms with Crippen LogP contribution >= 0.6 is 11.8 Å². The lowest BCUT2D eigenvalue weighted by Crippen LogP contribution is -2.27. The average molecular weight is 391 g/mol. The number of imidazole rings is 1. The highest BCUT2D eigenvalue weighted by Gasteiger charge is 2.10. The van der Waals surface area contributed by atoms with Crippen molar-refractivity contribution in [3.63, 3.8) is 0 Å². The van der Waals surface area contributed by atoms with Crippen LogP contribution in [0.5, 0.6) is 0 Å². The zero-order chi connectivity index (χ0) is 19.3. The number of hydrogen-bond donors (Lipinski definition) is 2. The molecule has 2 heterocycles. The van der Waals surface area contributed by atoms with Crippen molar-refractivity contribution in [3.8, 4) is 5.69 Å². The first-order chi connectivity index (χ1) is 13.7. The summed E-state index contributed by atoms with van der Waals surface area (Å²) in [5.41, 5.74) is 4.61. The fourth-order valence-corrected chi connectivity index (χ4v) is 4.07. The normalized spacial score (nSPS) is 11.0. The lowest BCUT2D eigenvalue weighted by atomic mass is 10.1. The van der Waals surface area contributed by atoms with Crippen molar-refractivity contribution in [2.45, 2.75) is 18.5 Å². The van der Waals surface area contributed by atoms with Crippen LogP contribution in [-0.4, -0.2) is 32.7 Å². The van der Waals surface area contributed by atoms with E-state index in [0.29, 0.717) is 12.3 Å². The molecular weight excluding hydrogens is 368 g/mol. The van der Waals surface area contributed by atoms with E-state index in [-0.39, 0.29) is 5.91 Å². The average Bonchev–Trinajstić information content (AvgIpc) is 3.34. The molecule has 142 valence electrons. The third-order valence-corrected chi connectivity index (χ3v) is 5.67. The maximum absolute atomic E-state index is 12.3. The summed E-state index contributed by atoms with van der Waals surface area (Å²) >= 11 is 1.45. The monoisotopic (exact) mass is 390 g/mol. The van der Waals surface area contributed by atoms with Crippen molar-refractivity contribution < 1.29 is 4.79 Å². The summed E-state index contributed by atoms with van der Waals surface area (Å²) in [4.78, 5) is 19.9. The Bertz CT molecular complexity index is 1100. The molecule has 0 fully saturated rings. The largest absolute Gasteiger partial charge is 0.361 e. The van der Waals surface area contributed by atoms with Crippen molar-refractivity contribution in [2.24, 2.45) is 0 Å². The first-order valence-corrected chi connectivity index (χ1v) is 10.2. The van der Waals surface area contributed by atoms with Gasteiger partial charge in [0.2, 0.25) is 5.91 Å². The van der Waals surface area contributed by atoms with Crippen molar-refractivity contribution >= 4 is 28.6 Å². The van der Waals surface area contributed by atoms with Gasteiger partial charge in [0.25, 0.3) is 0 Å². The molecule has 4 rings (SSSR count). The lowest BCUT2D eigenvalue weighted by Gasteiger charge is -2.10. The molecule has 0 atom stereocenters. The minimum atomic E-state index is 0.0178. The number of carbonyl (C=O) groups excluding carboxylic acids is 1. The minimum absolute atomic E-state index is 0.0178. The Labute approximate surface area is 168 Å². The number of aromatic amines is 1. The summed E-state index contributed by atoms with van der Waals surface area (Å²) in [5.74, 6) is 0.362. The Morgan fingerprint density at radius 2 is 2.00 bits per heavy atom. The molecule has 4 aromatic rings. The zero-order valence-electron chi connectivity index (χ0n) is 15.7. The Morgan fingerprint density at radius 1 is 1.18 bits per heavy atom. The molecule has 2 N–H and O–H groups in total. The predicted octanol–water partition coefficient (Wildman–Crippen LogP) is 4.11. The SMILES string of the molecule is Cc1ccccc1-n1ccnc1SCC(=O)NCCc1c[nH]c2ccccc12. The summed E-state index contributed by atoms with van der Waals surface area (Å²) in [5, 5.41) is 5.04. The molecule has 28 heavy (non-hydrogen) atoms. The molecule has 2 aromatic carbocycles. The molecule has 0 radical (unpaired) electrons. The molecule has 0 unspecified atom stereocenters. The van der Waals surface area contributed by atoms with Crippen LogP contribution in [0.1, 0.15) is 11.1 Å². The second kappa shape index (κ2) is 8.35.